The molecule has 1 rings (SSSR count). The summed E-state index contributed by atoms with van der Waals surface area (Å²) < 4.78 is 25.8. The van der Waals surface area contributed by atoms with Crippen molar-refractivity contribution in [2.24, 2.45) is 4.99 Å². The zero-order valence-corrected chi connectivity index (χ0v) is 16.5. The first-order valence-electron chi connectivity index (χ1n) is 6.92. The molecule has 0 amide bonds. The zero-order chi connectivity index (χ0) is 15.9. The van der Waals surface area contributed by atoms with Crippen molar-refractivity contribution < 1.29 is 8.42 Å². The van der Waals surface area contributed by atoms with Crippen LogP contribution < -0.4 is 15.4 Å². The van der Waals surface area contributed by atoms with E-state index in [0.717, 1.165) is 12.0 Å². The highest BCUT2D eigenvalue weighted by Gasteiger charge is 2.11. The van der Waals surface area contributed by atoms with Crippen molar-refractivity contribution >= 4 is 40.0 Å². The average molecular weight is 440 g/mol. The fourth-order valence-corrected chi connectivity index (χ4v) is 2.46. The number of benzene rings is 1. The molecular weight excluding hydrogens is 415 g/mol. The third-order valence-electron chi connectivity index (χ3n) is 3.16. The number of nitrogens with one attached hydrogen (secondary N) is 3. The first kappa shape index (κ1) is 21.1. The molecule has 0 heterocycles. The van der Waals surface area contributed by atoms with E-state index in [1.165, 1.54) is 7.05 Å². The van der Waals surface area contributed by atoms with E-state index in [0.29, 0.717) is 18.5 Å². The topological polar surface area (TPSA) is 82.6 Å². The van der Waals surface area contributed by atoms with Gasteiger partial charge in [-0.25, -0.2) is 13.1 Å². The number of hydrogen-bond donors (Lipinski definition) is 3. The number of aliphatic imine (C=N–C) groups is 1. The Bertz CT molecular complexity index is 590. The van der Waals surface area contributed by atoms with Crippen molar-refractivity contribution in [3.05, 3.63) is 29.8 Å². The van der Waals surface area contributed by atoms with Gasteiger partial charge < -0.3 is 10.6 Å². The van der Waals surface area contributed by atoms with E-state index in [1.54, 1.807) is 25.2 Å². The Morgan fingerprint density at radius 2 is 2.05 bits per heavy atom. The number of hydrogen-bond acceptors (Lipinski definition) is 3. The standard InChI is InChI=1S/C14H24N4O2S.HI/c1-5-11(2)18-14(15-3)17-10-12-7-6-8-13(9-12)21(19,20)16-4;/h6-9,11,16H,5,10H2,1-4H3,(H2,15,17,18);1H. The van der Waals surface area contributed by atoms with E-state index in [-0.39, 0.29) is 28.9 Å². The van der Waals surface area contributed by atoms with E-state index < -0.39 is 10.0 Å². The molecule has 0 aliphatic rings. The van der Waals surface area contributed by atoms with Gasteiger partial charge in [-0.15, -0.1) is 24.0 Å². The van der Waals surface area contributed by atoms with Crippen LogP contribution in [0.15, 0.2) is 34.2 Å². The summed E-state index contributed by atoms with van der Waals surface area (Å²) in [5, 5.41) is 6.42. The molecule has 0 saturated heterocycles. The summed E-state index contributed by atoms with van der Waals surface area (Å²) in [6.07, 6.45) is 0.997. The summed E-state index contributed by atoms with van der Waals surface area (Å²) in [5.41, 5.74) is 0.874. The Hall–Kier alpha value is -0.870. The minimum Gasteiger partial charge on any atom is -0.354 e. The molecule has 6 nitrogen and oxygen atoms in total. The third kappa shape index (κ3) is 6.49. The highest BCUT2D eigenvalue weighted by molar-refractivity contribution is 14.0. The molecule has 8 heteroatoms. The number of nitrogens with zero attached hydrogens (tertiary/aromatic N) is 1. The van der Waals surface area contributed by atoms with Crippen molar-refractivity contribution in [3.63, 3.8) is 0 Å². The SMILES string of the molecule is CCC(C)NC(=NC)NCc1cccc(S(=O)(=O)NC)c1.I. The second kappa shape index (κ2) is 10.0. The van der Waals surface area contributed by atoms with E-state index in [2.05, 4.69) is 34.2 Å². The molecule has 126 valence electrons. The van der Waals surface area contributed by atoms with Crippen LogP contribution in [0, 0.1) is 0 Å². The number of rotatable bonds is 6. The van der Waals surface area contributed by atoms with Gasteiger partial charge in [0.1, 0.15) is 0 Å². The van der Waals surface area contributed by atoms with Gasteiger partial charge >= 0.3 is 0 Å². The predicted molar refractivity (Wildman–Crippen MR) is 101 cm³/mol. The summed E-state index contributed by atoms with van der Waals surface area (Å²) in [6, 6.07) is 7.15. The van der Waals surface area contributed by atoms with Gasteiger partial charge in [0.2, 0.25) is 10.0 Å². The molecule has 3 N–H and O–H groups in total. The van der Waals surface area contributed by atoms with Gasteiger partial charge in [-0.1, -0.05) is 19.1 Å². The molecule has 0 bridgehead atoms. The van der Waals surface area contributed by atoms with Crippen LogP contribution in [0.2, 0.25) is 0 Å². The van der Waals surface area contributed by atoms with Crippen LogP contribution in [0.1, 0.15) is 25.8 Å². The molecule has 1 atom stereocenters. The molecule has 0 aliphatic carbocycles. The third-order valence-corrected chi connectivity index (χ3v) is 4.57. The second-order valence-electron chi connectivity index (χ2n) is 4.73. The van der Waals surface area contributed by atoms with Crippen molar-refractivity contribution in [1.82, 2.24) is 15.4 Å². The van der Waals surface area contributed by atoms with Crippen molar-refractivity contribution in [1.29, 1.82) is 0 Å². The van der Waals surface area contributed by atoms with Gasteiger partial charge in [-0.2, -0.15) is 0 Å². The zero-order valence-electron chi connectivity index (χ0n) is 13.4. The fourth-order valence-electron chi connectivity index (χ4n) is 1.66. The molecule has 0 aliphatic heterocycles. The predicted octanol–water partition coefficient (Wildman–Crippen LogP) is 1.68. The minimum absolute atomic E-state index is 0. The molecule has 0 radical (unpaired) electrons. The van der Waals surface area contributed by atoms with Gasteiger partial charge in [0.05, 0.1) is 4.90 Å². The van der Waals surface area contributed by atoms with Gasteiger partial charge in [0, 0.05) is 19.6 Å². The Morgan fingerprint density at radius 3 is 2.59 bits per heavy atom. The Kier molecular flexibility index (Phi) is 9.61. The highest BCUT2D eigenvalue weighted by atomic mass is 127. The second-order valence-corrected chi connectivity index (χ2v) is 6.62. The molecular formula is C14H25IN4O2S. The monoisotopic (exact) mass is 440 g/mol. The van der Waals surface area contributed by atoms with Gasteiger partial charge in [0.25, 0.3) is 0 Å². The summed E-state index contributed by atoms with van der Waals surface area (Å²) in [4.78, 5) is 4.40. The van der Waals surface area contributed by atoms with E-state index in [1.807, 2.05) is 6.07 Å². The normalized spacial score (nSPS) is 13.2. The molecule has 0 aromatic heterocycles. The maximum absolute atomic E-state index is 11.8. The molecule has 1 unspecified atom stereocenters. The molecule has 1 aromatic carbocycles. The largest absolute Gasteiger partial charge is 0.354 e. The van der Waals surface area contributed by atoms with Gasteiger partial charge in [-0.05, 0) is 38.1 Å². The van der Waals surface area contributed by atoms with Crippen LogP contribution >= 0.6 is 24.0 Å². The number of halogens is 1. The number of guanidine groups is 1. The minimum atomic E-state index is -3.41. The van der Waals surface area contributed by atoms with Crippen LogP contribution in [-0.2, 0) is 16.6 Å². The lowest BCUT2D eigenvalue weighted by molar-refractivity contribution is 0.588. The molecule has 0 saturated carbocycles. The van der Waals surface area contributed by atoms with Crippen LogP contribution in [0.5, 0.6) is 0 Å². The maximum atomic E-state index is 11.8. The van der Waals surface area contributed by atoms with Crippen molar-refractivity contribution in [2.75, 3.05) is 14.1 Å². The quantitative estimate of drug-likeness (QED) is 0.357. The van der Waals surface area contributed by atoms with Crippen LogP contribution in [0.3, 0.4) is 0 Å². The maximum Gasteiger partial charge on any atom is 0.240 e. The molecule has 0 fully saturated rings. The Morgan fingerprint density at radius 1 is 1.36 bits per heavy atom. The lowest BCUT2D eigenvalue weighted by Gasteiger charge is -2.16. The molecule has 1 aromatic rings. The van der Waals surface area contributed by atoms with E-state index in [4.69, 9.17) is 0 Å². The summed E-state index contributed by atoms with van der Waals surface area (Å²) in [5.74, 6) is 0.700. The van der Waals surface area contributed by atoms with Crippen LogP contribution in [-0.4, -0.2) is 34.5 Å². The molecule has 22 heavy (non-hydrogen) atoms. The van der Waals surface area contributed by atoms with E-state index in [9.17, 15) is 8.42 Å². The van der Waals surface area contributed by atoms with Gasteiger partial charge in [-0.3, -0.25) is 4.99 Å². The fraction of sp³-hybridized carbons (Fsp3) is 0.500. The summed E-state index contributed by atoms with van der Waals surface area (Å²) in [6.45, 7) is 4.67. The van der Waals surface area contributed by atoms with E-state index >= 15 is 0 Å². The van der Waals surface area contributed by atoms with Gasteiger partial charge in [0.15, 0.2) is 5.96 Å². The van der Waals surface area contributed by atoms with Crippen molar-refractivity contribution in [3.8, 4) is 0 Å². The van der Waals surface area contributed by atoms with Crippen LogP contribution in [0.4, 0.5) is 0 Å². The average Bonchev–Trinajstić information content (AvgIpc) is 2.51. The van der Waals surface area contributed by atoms with Crippen LogP contribution in [0.25, 0.3) is 0 Å². The summed E-state index contributed by atoms with van der Waals surface area (Å²) in [7, 11) is -0.303. The smallest absolute Gasteiger partial charge is 0.240 e. The number of sulfonamides is 1. The lowest BCUT2D eigenvalue weighted by Crippen LogP contribution is -2.41. The Labute approximate surface area is 150 Å². The van der Waals surface area contributed by atoms with Crippen molar-refractivity contribution in [2.45, 2.75) is 37.8 Å². The molecule has 0 spiro atoms. The lowest BCUT2D eigenvalue weighted by atomic mass is 10.2. The first-order valence-corrected chi connectivity index (χ1v) is 8.41. The Balaban J connectivity index is 0.00000441. The first-order chi connectivity index (χ1) is 9.92. The highest BCUT2D eigenvalue weighted by Crippen LogP contribution is 2.10. The summed E-state index contributed by atoms with van der Waals surface area (Å²) >= 11 is 0.